The normalized spacial score (nSPS) is 20.6. The molecular weight excluding hydrogens is 232 g/mol. The van der Waals surface area contributed by atoms with Crippen LogP contribution in [0.4, 0.5) is 4.79 Å². The van der Waals surface area contributed by atoms with Crippen molar-refractivity contribution in [2.24, 2.45) is 11.3 Å². The van der Waals surface area contributed by atoms with E-state index in [0.717, 1.165) is 0 Å². The first-order valence-corrected chi connectivity index (χ1v) is 6.55. The van der Waals surface area contributed by atoms with Crippen LogP contribution >= 0.6 is 0 Å². The van der Waals surface area contributed by atoms with Gasteiger partial charge in [-0.2, -0.15) is 0 Å². The molecule has 5 heteroatoms. The standard InChI is InChI=1S/C13H24N2O3/c1-9(2)10(3)14-12(18)15-7-5-13(4,6-8-15)11(16)17/h9-10H,5-8H2,1-4H3,(H,14,18)(H,16,17). The van der Waals surface area contributed by atoms with E-state index in [1.54, 1.807) is 11.8 Å². The molecule has 1 unspecified atom stereocenters. The number of piperidine rings is 1. The Bertz CT molecular complexity index is 320. The highest BCUT2D eigenvalue weighted by atomic mass is 16.4. The maximum atomic E-state index is 12.0. The molecule has 1 fully saturated rings. The average Bonchev–Trinajstić information content (AvgIpc) is 2.29. The number of hydrogen-bond donors (Lipinski definition) is 2. The van der Waals surface area contributed by atoms with Crippen LogP contribution in [0, 0.1) is 11.3 Å². The second-order valence-corrected chi connectivity index (χ2v) is 5.84. The van der Waals surface area contributed by atoms with Crippen molar-refractivity contribution in [2.45, 2.75) is 46.6 Å². The van der Waals surface area contributed by atoms with E-state index in [1.165, 1.54) is 0 Å². The summed E-state index contributed by atoms with van der Waals surface area (Å²) in [5.74, 6) is -0.374. The van der Waals surface area contributed by atoms with Crippen molar-refractivity contribution >= 4 is 12.0 Å². The third-order valence-corrected chi connectivity index (χ3v) is 4.02. The zero-order chi connectivity index (χ0) is 13.9. The number of likely N-dealkylation sites (tertiary alicyclic amines) is 1. The van der Waals surface area contributed by atoms with Crippen molar-refractivity contribution in [3.05, 3.63) is 0 Å². The van der Waals surface area contributed by atoms with Gasteiger partial charge in [-0.15, -0.1) is 0 Å². The Labute approximate surface area is 109 Å². The summed E-state index contributed by atoms with van der Waals surface area (Å²) in [4.78, 5) is 24.8. The van der Waals surface area contributed by atoms with Gasteiger partial charge in [-0.1, -0.05) is 13.8 Å². The lowest BCUT2D eigenvalue weighted by Gasteiger charge is -2.37. The van der Waals surface area contributed by atoms with Crippen LogP contribution < -0.4 is 5.32 Å². The van der Waals surface area contributed by atoms with E-state index >= 15 is 0 Å². The number of carboxylic acids is 1. The Hall–Kier alpha value is -1.26. The van der Waals surface area contributed by atoms with Gasteiger partial charge < -0.3 is 15.3 Å². The highest BCUT2D eigenvalue weighted by Crippen LogP contribution is 2.30. The van der Waals surface area contributed by atoms with Crippen LogP contribution in [0.2, 0.25) is 0 Å². The Morgan fingerprint density at radius 3 is 2.11 bits per heavy atom. The summed E-state index contributed by atoms with van der Waals surface area (Å²) in [7, 11) is 0. The molecule has 0 aromatic carbocycles. The van der Waals surface area contributed by atoms with Crippen molar-refractivity contribution in [1.29, 1.82) is 0 Å². The second-order valence-electron chi connectivity index (χ2n) is 5.84. The smallest absolute Gasteiger partial charge is 0.317 e. The van der Waals surface area contributed by atoms with Gasteiger partial charge in [-0.05, 0) is 32.6 Å². The van der Waals surface area contributed by atoms with Crippen molar-refractivity contribution in [3.63, 3.8) is 0 Å². The van der Waals surface area contributed by atoms with Crippen molar-refractivity contribution < 1.29 is 14.7 Å². The summed E-state index contributed by atoms with van der Waals surface area (Å²) in [6, 6.07) is 0.0499. The second kappa shape index (κ2) is 5.59. The Kier molecular flexibility index (Phi) is 4.59. The fourth-order valence-corrected chi connectivity index (χ4v) is 1.87. The SMILES string of the molecule is CC(C)C(C)NC(=O)N1CCC(C)(C(=O)O)CC1. The lowest BCUT2D eigenvalue weighted by atomic mass is 9.80. The number of carboxylic acid groups (broad SMARTS) is 1. The fourth-order valence-electron chi connectivity index (χ4n) is 1.87. The van der Waals surface area contributed by atoms with E-state index in [1.807, 2.05) is 6.92 Å². The molecule has 0 bridgehead atoms. The molecule has 1 rings (SSSR count). The molecule has 5 nitrogen and oxygen atoms in total. The van der Waals surface area contributed by atoms with Crippen molar-refractivity contribution in [1.82, 2.24) is 10.2 Å². The van der Waals surface area contributed by atoms with Gasteiger partial charge in [-0.25, -0.2) is 4.79 Å². The molecule has 0 aromatic heterocycles. The first kappa shape index (κ1) is 14.8. The number of aliphatic carboxylic acids is 1. The number of carbonyl (C=O) groups excluding carboxylic acids is 1. The van der Waals surface area contributed by atoms with Gasteiger partial charge >= 0.3 is 12.0 Å². The van der Waals surface area contributed by atoms with E-state index in [4.69, 9.17) is 5.11 Å². The average molecular weight is 256 g/mol. The van der Waals surface area contributed by atoms with E-state index in [9.17, 15) is 9.59 Å². The maximum absolute atomic E-state index is 12.0. The lowest BCUT2D eigenvalue weighted by Crippen LogP contribution is -2.51. The quantitative estimate of drug-likeness (QED) is 0.810. The van der Waals surface area contributed by atoms with Crippen LogP contribution in [0.1, 0.15) is 40.5 Å². The van der Waals surface area contributed by atoms with E-state index in [2.05, 4.69) is 19.2 Å². The topological polar surface area (TPSA) is 69.6 Å². The number of hydrogen-bond acceptors (Lipinski definition) is 2. The van der Waals surface area contributed by atoms with Crippen LogP contribution in [0.5, 0.6) is 0 Å². The summed E-state index contributed by atoms with van der Waals surface area (Å²) < 4.78 is 0. The predicted octanol–water partition coefficient (Wildman–Crippen LogP) is 1.93. The Balaban J connectivity index is 2.48. The van der Waals surface area contributed by atoms with Gasteiger partial charge in [0.25, 0.3) is 0 Å². The third-order valence-electron chi connectivity index (χ3n) is 4.02. The van der Waals surface area contributed by atoms with Crippen LogP contribution in [0.25, 0.3) is 0 Å². The number of carbonyl (C=O) groups is 2. The van der Waals surface area contributed by atoms with Gasteiger partial charge in [0.05, 0.1) is 5.41 Å². The van der Waals surface area contributed by atoms with Crippen molar-refractivity contribution in [3.8, 4) is 0 Å². The molecule has 0 spiro atoms. The van der Waals surface area contributed by atoms with Gasteiger partial charge in [0.1, 0.15) is 0 Å². The lowest BCUT2D eigenvalue weighted by molar-refractivity contribution is -0.150. The molecule has 2 N–H and O–H groups in total. The summed E-state index contributed by atoms with van der Waals surface area (Å²) >= 11 is 0. The molecule has 0 aliphatic carbocycles. The number of urea groups is 1. The van der Waals surface area contributed by atoms with Crippen LogP contribution in [0.3, 0.4) is 0 Å². The van der Waals surface area contributed by atoms with Gasteiger partial charge in [0, 0.05) is 19.1 Å². The van der Waals surface area contributed by atoms with E-state index in [-0.39, 0.29) is 12.1 Å². The summed E-state index contributed by atoms with van der Waals surface area (Å²) in [6.07, 6.45) is 1.04. The Morgan fingerprint density at radius 1 is 1.22 bits per heavy atom. The minimum atomic E-state index is -0.766. The minimum absolute atomic E-state index is 0.0800. The molecule has 1 heterocycles. The molecule has 18 heavy (non-hydrogen) atoms. The molecule has 1 atom stereocenters. The molecular formula is C13H24N2O3. The van der Waals surface area contributed by atoms with E-state index < -0.39 is 11.4 Å². The first-order valence-electron chi connectivity index (χ1n) is 6.55. The summed E-state index contributed by atoms with van der Waals surface area (Å²) in [5.41, 5.74) is -0.680. The van der Waals surface area contributed by atoms with Crippen LogP contribution in [-0.4, -0.2) is 41.1 Å². The zero-order valence-electron chi connectivity index (χ0n) is 11.7. The molecule has 0 aromatic rings. The van der Waals surface area contributed by atoms with Crippen LogP contribution in [-0.2, 0) is 4.79 Å². The molecule has 1 aliphatic rings. The summed E-state index contributed by atoms with van der Waals surface area (Å²) in [6.45, 7) is 8.87. The molecule has 2 amide bonds. The van der Waals surface area contributed by atoms with E-state index in [0.29, 0.717) is 31.8 Å². The van der Waals surface area contributed by atoms with Gasteiger partial charge in [0.15, 0.2) is 0 Å². The number of rotatable bonds is 3. The highest BCUT2D eigenvalue weighted by Gasteiger charge is 2.38. The van der Waals surface area contributed by atoms with Gasteiger partial charge in [0.2, 0.25) is 0 Å². The molecule has 1 saturated heterocycles. The Morgan fingerprint density at radius 2 is 1.72 bits per heavy atom. The molecule has 0 radical (unpaired) electrons. The monoisotopic (exact) mass is 256 g/mol. The van der Waals surface area contributed by atoms with Crippen molar-refractivity contribution in [2.75, 3.05) is 13.1 Å². The molecule has 1 aliphatic heterocycles. The predicted molar refractivity (Wildman–Crippen MR) is 69.4 cm³/mol. The third kappa shape index (κ3) is 3.37. The maximum Gasteiger partial charge on any atom is 0.317 e. The number of nitrogens with zero attached hydrogens (tertiary/aromatic N) is 1. The zero-order valence-corrected chi connectivity index (χ0v) is 11.7. The molecule has 104 valence electrons. The first-order chi connectivity index (χ1) is 8.26. The van der Waals surface area contributed by atoms with Crippen LogP contribution in [0.15, 0.2) is 0 Å². The van der Waals surface area contributed by atoms with Gasteiger partial charge in [-0.3, -0.25) is 4.79 Å². The largest absolute Gasteiger partial charge is 0.481 e. The minimum Gasteiger partial charge on any atom is -0.481 e. The molecule has 0 saturated carbocycles. The summed E-state index contributed by atoms with van der Waals surface area (Å²) in [5, 5.41) is 12.1. The fraction of sp³-hybridized carbons (Fsp3) is 0.846. The number of nitrogens with one attached hydrogen (secondary N) is 1. The highest BCUT2D eigenvalue weighted by molar-refractivity contribution is 5.77. The number of amides is 2.